The first kappa shape index (κ1) is 20.3. The summed E-state index contributed by atoms with van der Waals surface area (Å²) < 4.78 is 0. The van der Waals surface area contributed by atoms with Gasteiger partial charge in [-0.1, -0.05) is 30.3 Å². The minimum atomic E-state index is -0.869. The van der Waals surface area contributed by atoms with Gasteiger partial charge in [-0.3, -0.25) is 40.5 Å². The molecular formula is C20H10N4O8. The molecule has 0 bridgehead atoms. The number of hydrogen-bond acceptors (Lipinski definition) is 8. The standard InChI is InChI=1S/C20H10N4O8/c25-21(26)12-7-15-14(6-11-4-2-1-3-5-11)16-8-13(22(27)28)10-18(24(31)32)20(16)19(15)17(9-12)23(29)30/h1-10H. The molecule has 32 heavy (non-hydrogen) atoms. The summed E-state index contributed by atoms with van der Waals surface area (Å²) in [4.78, 5) is 42.9. The lowest BCUT2D eigenvalue weighted by Gasteiger charge is -2.04. The van der Waals surface area contributed by atoms with Crippen LogP contribution in [0.25, 0.3) is 22.8 Å². The van der Waals surface area contributed by atoms with Crippen molar-refractivity contribution < 1.29 is 19.7 Å². The van der Waals surface area contributed by atoms with Crippen molar-refractivity contribution in [1.29, 1.82) is 0 Å². The normalized spacial score (nSPS) is 11.4. The van der Waals surface area contributed by atoms with Gasteiger partial charge in [-0.2, -0.15) is 0 Å². The number of nitro benzene ring substituents is 4. The van der Waals surface area contributed by atoms with Crippen LogP contribution in [0, 0.1) is 40.5 Å². The van der Waals surface area contributed by atoms with Crippen LogP contribution in [0.15, 0.2) is 54.6 Å². The van der Waals surface area contributed by atoms with Crippen LogP contribution in [-0.2, 0) is 0 Å². The third-order valence-electron chi connectivity index (χ3n) is 4.96. The summed E-state index contributed by atoms with van der Waals surface area (Å²) in [5.74, 6) is 0. The minimum Gasteiger partial charge on any atom is -0.258 e. The third-order valence-corrected chi connectivity index (χ3v) is 4.96. The van der Waals surface area contributed by atoms with Crippen molar-refractivity contribution in [3.05, 3.63) is 112 Å². The quantitative estimate of drug-likeness (QED) is 0.315. The average Bonchev–Trinajstić information content (AvgIpc) is 3.06. The molecule has 3 aromatic carbocycles. The zero-order valence-electron chi connectivity index (χ0n) is 15.8. The predicted molar refractivity (Wildman–Crippen MR) is 112 cm³/mol. The van der Waals surface area contributed by atoms with Gasteiger partial charge in [0.15, 0.2) is 0 Å². The van der Waals surface area contributed by atoms with E-state index < -0.39 is 42.4 Å². The third kappa shape index (κ3) is 3.21. The van der Waals surface area contributed by atoms with Crippen molar-refractivity contribution in [3.63, 3.8) is 0 Å². The Kier molecular flexibility index (Phi) is 4.66. The lowest BCUT2D eigenvalue weighted by Crippen LogP contribution is -1.99. The highest BCUT2D eigenvalue weighted by molar-refractivity contribution is 6.12. The Labute approximate surface area is 177 Å². The molecule has 0 amide bonds. The Balaban J connectivity index is 2.19. The molecule has 1 aliphatic rings. The number of hydrogen-bond donors (Lipinski definition) is 0. The largest absolute Gasteiger partial charge is 0.284 e. The van der Waals surface area contributed by atoms with E-state index in [4.69, 9.17) is 0 Å². The molecule has 0 N–H and O–H groups in total. The smallest absolute Gasteiger partial charge is 0.258 e. The minimum absolute atomic E-state index is 0.00773. The molecule has 0 fully saturated rings. The molecule has 4 rings (SSSR count). The van der Waals surface area contributed by atoms with Gasteiger partial charge in [0.25, 0.3) is 22.7 Å². The zero-order valence-corrected chi connectivity index (χ0v) is 15.8. The van der Waals surface area contributed by atoms with Crippen LogP contribution >= 0.6 is 0 Å². The van der Waals surface area contributed by atoms with E-state index in [0.717, 1.165) is 24.3 Å². The van der Waals surface area contributed by atoms with Crippen LogP contribution in [0.2, 0.25) is 0 Å². The fourth-order valence-corrected chi connectivity index (χ4v) is 3.69. The topological polar surface area (TPSA) is 173 Å². The molecule has 12 nitrogen and oxygen atoms in total. The molecule has 12 heteroatoms. The summed E-state index contributed by atoms with van der Waals surface area (Å²) in [5.41, 5.74) is -2.20. The van der Waals surface area contributed by atoms with E-state index in [1.54, 1.807) is 30.3 Å². The number of rotatable bonds is 5. The molecule has 3 aromatic rings. The van der Waals surface area contributed by atoms with Gasteiger partial charge < -0.3 is 0 Å². The van der Waals surface area contributed by atoms with Gasteiger partial charge in [0, 0.05) is 23.3 Å². The van der Waals surface area contributed by atoms with Crippen molar-refractivity contribution in [2.75, 3.05) is 0 Å². The Hall–Kier alpha value is -5.00. The van der Waals surface area contributed by atoms with E-state index in [-0.39, 0.29) is 27.8 Å². The maximum Gasteiger partial charge on any atom is 0.284 e. The number of nitro groups is 4. The van der Waals surface area contributed by atoms with Crippen LogP contribution in [0.5, 0.6) is 0 Å². The van der Waals surface area contributed by atoms with E-state index in [9.17, 15) is 40.5 Å². The Bertz CT molecular complexity index is 1300. The molecule has 1 aliphatic carbocycles. The van der Waals surface area contributed by atoms with Gasteiger partial charge in [0.2, 0.25) is 0 Å². The summed E-state index contributed by atoms with van der Waals surface area (Å²) in [6.07, 6.45) is 1.52. The van der Waals surface area contributed by atoms with Gasteiger partial charge in [0.05, 0.1) is 43.0 Å². The fraction of sp³-hybridized carbons (Fsp3) is 0. The monoisotopic (exact) mass is 434 g/mol. The summed E-state index contributed by atoms with van der Waals surface area (Å²) in [6.45, 7) is 0. The molecule has 0 heterocycles. The Morgan fingerprint density at radius 2 is 1.03 bits per heavy atom. The van der Waals surface area contributed by atoms with E-state index >= 15 is 0 Å². The maximum atomic E-state index is 11.8. The van der Waals surface area contributed by atoms with Crippen LogP contribution in [0.1, 0.15) is 16.7 Å². The first-order chi connectivity index (χ1) is 15.2. The van der Waals surface area contributed by atoms with Crippen LogP contribution in [0.4, 0.5) is 22.7 Å². The maximum absolute atomic E-state index is 11.8. The molecule has 0 saturated heterocycles. The number of fused-ring (bicyclic) bond motifs is 3. The SMILES string of the molecule is O=[N+]([O-])c1cc2c(c([N+](=O)[O-])c1)-c1c(cc([N+](=O)[O-])cc1[N+](=O)[O-])C2=Cc1ccccc1. The van der Waals surface area contributed by atoms with E-state index in [2.05, 4.69) is 0 Å². The first-order valence-corrected chi connectivity index (χ1v) is 8.90. The molecule has 0 spiro atoms. The van der Waals surface area contributed by atoms with Crippen molar-refractivity contribution in [2.24, 2.45) is 0 Å². The van der Waals surface area contributed by atoms with E-state index in [0.29, 0.717) is 5.56 Å². The molecule has 0 atom stereocenters. The van der Waals surface area contributed by atoms with Gasteiger partial charge in [-0.15, -0.1) is 0 Å². The number of benzene rings is 3. The molecule has 158 valence electrons. The molecular weight excluding hydrogens is 424 g/mol. The van der Waals surface area contributed by atoms with Crippen molar-refractivity contribution in [3.8, 4) is 11.1 Å². The summed E-state index contributed by atoms with van der Waals surface area (Å²) >= 11 is 0. The van der Waals surface area contributed by atoms with Gasteiger partial charge in [0.1, 0.15) is 0 Å². The Morgan fingerprint density at radius 1 is 0.594 bits per heavy atom. The van der Waals surface area contributed by atoms with Crippen LogP contribution in [-0.4, -0.2) is 19.7 Å². The second-order valence-electron chi connectivity index (χ2n) is 6.77. The summed E-state index contributed by atoms with van der Waals surface area (Å²) in [7, 11) is 0. The van der Waals surface area contributed by atoms with Crippen LogP contribution < -0.4 is 0 Å². The molecule has 0 aromatic heterocycles. The summed E-state index contributed by atoms with van der Waals surface area (Å²) in [6, 6.07) is 12.1. The van der Waals surface area contributed by atoms with Gasteiger partial charge >= 0.3 is 0 Å². The number of nitrogens with zero attached hydrogens (tertiary/aromatic N) is 4. The highest BCUT2D eigenvalue weighted by Gasteiger charge is 2.40. The van der Waals surface area contributed by atoms with Crippen LogP contribution in [0.3, 0.4) is 0 Å². The van der Waals surface area contributed by atoms with Crippen molar-refractivity contribution in [1.82, 2.24) is 0 Å². The molecule has 0 saturated carbocycles. The first-order valence-electron chi connectivity index (χ1n) is 8.90. The van der Waals surface area contributed by atoms with E-state index in [1.807, 2.05) is 0 Å². The van der Waals surface area contributed by atoms with Crippen molar-refractivity contribution in [2.45, 2.75) is 0 Å². The lowest BCUT2D eigenvalue weighted by molar-refractivity contribution is -0.395. The molecule has 0 radical (unpaired) electrons. The predicted octanol–water partition coefficient (Wildman–Crippen LogP) is 4.89. The van der Waals surface area contributed by atoms with Gasteiger partial charge in [-0.25, -0.2) is 0 Å². The molecule has 0 aliphatic heterocycles. The van der Waals surface area contributed by atoms with E-state index in [1.165, 1.54) is 6.08 Å². The summed E-state index contributed by atoms with van der Waals surface area (Å²) in [5, 5.41) is 46.3. The number of non-ortho nitro benzene ring substituents is 2. The average molecular weight is 434 g/mol. The highest BCUT2D eigenvalue weighted by Crippen LogP contribution is 2.54. The second kappa shape index (κ2) is 7.36. The van der Waals surface area contributed by atoms with Gasteiger partial charge in [-0.05, 0) is 17.2 Å². The Morgan fingerprint density at radius 3 is 1.41 bits per heavy atom. The fourth-order valence-electron chi connectivity index (χ4n) is 3.69. The highest BCUT2D eigenvalue weighted by atomic mass is 16.6. The molecule has 0 unspecified atom stereocenters. The van der Waals surface area contributed by atoms with Crippen molar-refractivity contribution >= 4 is 34.4 Å². The lowest BCUT2D eigenvalue weighted by atomic mass is 10.00. The zero-order chi connectivity index (χ0) is 23.2. The second-order valence-corrected chi connectivity index (χ2v) is 6.77.